The van der Waals surface area contributed by atoms with Crippen LogP contribution in [0, 0.1) is 5.92 Å². The maximum Gasteiger partial charge on any atom is 0.408 e. The largest absolute Gasteiger partial charge is 0.465 e. The normalized spacial score (nSPS) is 17.7. The highest BCUT2D eigenvalue weighted by Gasteiger charge is 2.46. The van der Waals surface area contributed by atoms with Crippen LogP contribution in [0.4, 0.5) is 16.2 Å². The van der Waals surface area contributed by atoms with Crippen LogP contribution in [0.15, 0.2) is 35.0 Å². The highest BCUT2D eigenvalue weighted by atomic mass is 32.1. The Kier molecular flexibility index (Phi) is 9.95. The van der Waals surface area contributed by atoms with Gasteiger partial charge in [0, 0.05) is 24.8 Å². The number of benzene rings is 1. The van der Waals surface area contributed by atoms with Gasteiger partial charge in [-0.05, 0) is 81.0 Å². The van der Waals surface area contributed by atoms with Crippen LogP contribution in [0.25, 0.3) is 0 Å². The van der Waals surface area contributed by atoms with Crippen molar-refractivity contribution in [3.8, 4) is 0 Å². The summed E-state index contributed by atoms with van der Waals surface area (Å²) >= 11 is 1.47. The molecule has 1 saturated heterocycles. The minimum Gasteiger partial charge on any atom is -0.465 e. The molecule has 46 heavy (non-hydrogen) atoms. The van der Waals surface area contributed by atoms with Crippen LogP contribution >= 0.6 is 11.3 Å². The maximum atomic E-state index is 14.1. The topological polar surface area (TPSA) is 156 Å². The number of rotatable bonds is 10. The fraction of sp³-hybridized carbons (Fsp3) is 0.515. The van der Waals surface area contributed by atoms with Crippen LogP contribution in [0.5, 0.6) is 0 Å². The first-order valence-corrected chi connectivity index (χ1v) is 16.3. The van der Waals surface area contributed by atoms with Crippen molar-refractivity contribution in [3.63, 3.8) is 0 Å². The lowest BCUT2D eigenvalue weighted by Gasteiger charge is -2.44. The van der Waals surface area contributed by atoms with Crippen molar-refractivity contribution in [2.24, 2.45) is 5.92 Å². The van der Waals surface area contributed by atoms with Gasteiger partial charge in [-0.3, -0.25) is 28.9 Å². The zero-order chi connectivity index (χ0) is 34.1. The van der Waals surface area contributed by atoms with Gasteiger partial charge >= 0.3 is 6.09 Å². The highest BCUT2D eigenvalue weighted by molar-refractivity contribution is 7.07. The van der Waals surface area contributed by atoms with E-state index in [2.05, 4.69) is 10.6 Å². The number of carbonyl (C=O) groups excluding carboxylic acids is 5. The van der Waals surface area contributed by atoms with Crippen LogP contribution in [-0.2, 0) is 36.9 Å². The predicted octanol–water partition coefficient (Wildman–Crippen LogP) is 4.06. The molecule has 1 fully saturated rings. The number of carbonyl (C=O) groups is 6. The summed E-state index contributed by atoms with van der Waals surface area (Å²) in [5.74, 6) is -2.32. The summed E-state index contributed by atoms with van der Waals surface area (Å²) in [4.78, 5) is 82.9. The van der Waals surface area contributed by atoms with Crippen molar-refractivity contribution in [1.82, 2.24) is 15.5 Å². The molecular weight excluding hydrogens is 610 g/mol. The number of thiophene rings is 1. The lowest BCUT2D eigenvalue weighted by molar-refractivity contribution is -0.138. The van der Waals surface area contributed by atoms with E-state index in [1.807, 2.05) is 30.7 Å². The summed E-state index contributed by atoms with van der Waals surface area (Å²) in [7, 11) is 0. The van der Waals surface area contributed by atoms with E-state index in [0.717, 1.165) is 15.4 Å². The third-order valence-corrected chi connectivity index (χ3v) is 8.92. The average molecular weight is 654 g/mol. The molecule has 2 aliphatic heterocycles. The number of anilines is 2. The number of hydrogen-bond donors (Lipinski definition) is 3. The van der Waals surface area contributed by atoms with E-state index in [0.29, 0.717) is 16.9 Å². The Bertz CT molecular complexity index is 1510. The Morgan fingerprint density at radius 3 is 2.24 bits per heavy atom. The van der Waals surface area contributed by atoms with Crippen LogP contribution in [0.1, 0.15) is 78.9 Å². The minimum atomic E-state index is -1.52. The molecule has 3 heterocycles. The molecule has 2 aromatic rings. The molecule has 1 aromatic heterocycles. The number of imide groups is 1. The molecule has 0 aliphatic carbocycles. The van der Waals surface area contributed by atoms with Crippen LogP contribution in [0.3, 0.4) is 0 Å². The maximum absolute atomic E-state index is 14.1. The Balaban J connectivity index is 1.65. The molecule has 0 saturated carbocycles. The fourth-order valence-corrected chi connectivity index (χ4v) is 6.96. The average Bonchev–Trinajstić information content (AvgIpc) is 3.57. The smallest absolute Gasteiger partial charge is 0.408 e. The number of fused-ring (bicyclic) bond motifs is 1. The third-order valence-electron chi connectivity index (χ3n) is 8.19. The Morgan fingerprint density at radius 2 is 1.70 bits per heavy atom. The van der Waals surface area contributed by atoms with Gasteiger partial charge in [-0.25, -0.2) is 9.69 Å². The van der Waals surface area contributed by atoms with E-state index in [4.69, 9.17) is 0 Å². The number of hydrogen-bond acceptors (Lipinski definition) is 7. The van der Waals surface area contributed by atoms with Crippen molar-refractivity contribution in [3.05, 3.63) is 46.2 Å². The lowest BCUT2D eigenvalue weighted by atomic mass is 9.92. The molecule has 1 unspecified atom stereocenters. The second-order valence-corrected chi connectivity index (χ2v) is 14.5. The Hall–Kier alpha value is -4.26. The number of nitrogens with one attached hydrogen (secondary N) is 2. The van der Waals surface area contributed by atoms with E-state index in [9.17, 15) is 33.9 Å². The van der Waals surface area contributed by atoms with Gasteiger partial charge in [-0.1, -0.05) is 26.0 Å². The molecule has 6 amide bonds. The van der Waals surface area contributed by atoms with Crippen molar-refractivity contribution < 1.29 is 33.9 Å². The van der Waals surface area contributed by atoms with E-state index >= 15 is 0 Å². The predicted molar refractivity (Wildman–Crippen MR) is 174 cm³/mol. The zero-order valence-corrected chi connectivity index (χ0v) is 28.2. The zero-order valence-electron chi connectivity index (χ0n) is 27.4. The molecular formula is C33H43N5O7S. The van der Waals surface area contributed by atoms with Crippen LogP contribution in [0.2, 0.25) is 0 Å². The molecule has 3 N–H and O–H groups in total. The molecule has 248 valence electrons. The first kappa shape index (κ1) is 34.6. The standard InChI is InChI=1S/C33H43N5O7S/c1-19(2)15-22(35-30(43)33(6,7)38(31(44)45)32(3,4)5)28(41)34-23-16-21-9-8-10-24(37-25(39)11-12-26(37)40)27(21)36(29(23)42)17-20-13-14-46-18-20/h8-10,13-14,18-19,22-23H,11-12,15-17H2,1-7H3,(H,34,41)(H,35,43)(H,44,45)/t22-,23?/m1/s1. The SMILES string of the molecule is CC(C)C[C@@H](NC(=O)C(C)(C)N(C(=O)O)C(C)(C)C)C(=O)NC1Cc2cccc(N3C(=O)CCC3=O)c2N(Cc2ccsc2)C1=O. The summed E-state index contributed by atoms with van der Waals surface area (Å²) in [6.45, 7) is 12.0. The molecule has 1 aromatic carbocycles. The van der Waals surface area contributed by atoms with Gasteiger partial charge in [-0.15, -0.1) is 0 Å². The summed E-state index contributed by atoms with van der Waals surface area (Å²) in [6, 6.07) is 5.01. The third kappa shape index (κ3) is 7.09. The van der Waals surface area contributed by atoms with E-state index in [1.54, 1.807) is 39.0 Å². The second-order valence-electron chi connectivity index (χ2n) is 13.7. The summed E-state index contributed by atoms with van der Waals surface area (Å²) in [5, 5.41) is 19.3. The monoisotopic (exact) mass is 653 g/mol. The summed E-state index contributed by atoms with van der Waals surface area (Å²) in [5.41, 5.74) is -0.0985. The molecule has 2 aliphatic rings. The van der Waals surface area contributed by atoms with Crippen molar-refractivity contribution in [2.75, 3.05) is 9.80 Å². The van der Waals surface area contributed by atoms with Gasteiger partial charge in [0.25, 0.3) is 0 Å². The molecule has 0 radical (unpaired) electrons. The lowest BCUT2D eigenvalue weighted by Crippen LogP contribution is -2.65. The molecule has 0 bridgehead atoms. The summed E-state index contributed by atoms with van der Waals surface area (Å²) < 4.78 is 0. The van der Waals surface area contributed by atoms with Crippen molar-refractivity contribution in [2.45, 2.75) is 104 Å². The number of nitrogens with zero attached hydrogens (tertiary/aromatic N) is 3. The van der Waals surface area contributed by atoms with Crippen LogP contribution in [-0.4, -0.2) is 68.8 Å². The number of para-hydroxylation sites is 1. The fourth-order valence-electron chi connectivity index (χ4n) is 6.30. The Labute approximate surface area is 273 Å². The first-order chi connectivity index (χ1) is 21.4. The van der Waals surface area contributed by atoms with Gasteiger partial charge in [0.1, 0.15) is 17.6 Å². The van der Waals surface area contributed by atoms with Gasteiger partial charge in [0.05, 0.1) is 17.9 Å². The number of amides is 6. The minimum absolute atomic E-state index is 0.0201. The first-order valence-electron chi connectivity index (χ1n) is 15.4. The molecule has 0 spiro atoms. The molecule has 2 atom stereocenters. The Morgan fingerprint density at radius 1 is 1.04 bits per heavy atom. The van der Waals surface area contributed by atoms with Crippen LogP contribution < -0.4 is 20.4 Å². The molecule has 13 heteroatoms. The number of carboxylic acid groups (broad SMARTS) is 1. The highest BCUT2D eigenvalue weighted by Crippen LogP contribution is 2.40. The van der Waals surface area contributed by atoms with Crippen molar-refractivity contribution in [1.29, 1.82) is 0 Å². The van der Waals surface area contributed by atoms with E-state index in [-0.39, 0.29) is 50.0 Å². The molecule has 12 nitrogen and oxygen atoms in total. The van der Waals surface area contributed by atoms with Gasteiger partial charge in [0.2, 0.25) is 29.5 Å². The second kappa shape index (κ2) is 13.2. The van der Waals surface area contributed by atoms with E-state index in [1.165, 1.54) is 30.1 Å². The van der Waals surface area contributed by atoms with E-state index < -0.39 is 47.0 Å². The van der Waals surface area contributed by atoms with Gasteiger partial charge in [-0.2, -0.15) is 11.3 Å². The quantitative estimate of drug-likeness (QED) is 0.327. The van der Waals surface area contributed by atoms with Gasteiger partial charge in [0.15, 0.2) is 0 Å². The van der Waals surface area contributed by atoms with Crippen molar-refractivity contribution >= 4 is 58.3 Å². The molecule has 4 rings (SSSR count). The summed E-state index contributed by atoms with van der Waals surface area (Å²) in [6.07, 6.45) is -0.727. The van der Waals surface area contributed by atoms with Gasteiger partial charge < -0.3 is 20.6 Å².